The summed E-state index contributed by atoms with van der Waals surface area (Å²) in [6.07, 6.45) is 1.48. The normalized spacial score (nSPS) is 15.8. The number of amides is 1. The van der Waals surface area contributed by atoms with E-state index < -0.39 is 5.41 Å². The Bertz CT molecular complexity index is 729. The van der Waals surface area contributed by atoms with Gasteiger partial charge in [-0.2, -0.15) is 0 Å². The lowest BCUT2D eigenvalue weighted by molar-refractivity contribution is -0.137. The van der Waals surface area contributed by atoms with Gasteiger partial charge < -0.3 is 4.90 Å². The van der Waals surface area contributed by atoms with Gasteiger partial charge in [0.15, 0.2) is 5.78 Å². The fourth-order valence-corrected chi connectivity index (χ4v) is 3.56. The molecular weight excluding hydrogens is 310 g/mol. The van der Waals surface area contributed by atoms with E-state index in [1.165, 1.54) is 0 Å². The molecule has 130 valence electrons. The SMILES string of the molecule is CC(C)(C(=O)N1CCC(C(=O)c2ccccc2)CC1)c1ccccc1. The molecule has 0 aromatic heterocycles. The molecule has 0 spiro atoms. The van der Waals surface area contributed by atoms with Gasteiger partial charge in [-0.1, -0.05) is 60.7 Å². The van der Waals surface area contributed by atoms with Gasteiger partial charge in [0.25, 0.3) is 0 Å². The van der Waals surface area contributed by atoms with E-state index in [1.807, 2.05) is 79.4 Å². The zero-order valence-corrected chi connectivity index (χ0v) is 14.9. The van der Waals surface area contributed by atoms with Gasteiger partial charge in [-0.15, -0.1) is 0 Å². The standard InChI is InChI=1S/C22H25NO2/c1-22(2,19-11-7-4-8-12-19)21(25)23-15-13-18(14-16-23)20(24)17-9-5-3-6-10-17/h3-12,18H,13-16H2,1-2H3. The maximum Gasteiger partial charge on any atom is 0.232 e. The molecule has 1 aliphatic heterocycles. The Labute approximate surface area is 149 Å². The Morgan fingerprint density at radius 2 is 1.40 bits per heavy atom. The van der Waals surface area contributed by atoms with Crippen LogP contribution in [0.15, 0.2) is 60.7 Å². The van der Waals surface area contributed by atoms with E-state index >= 15 is 0 Å². The summed E-state index contributed by atoms with van der Waals surface area (Å²) >= 11 is 0. The van der Waals surface area contributed by atoms with Gasteiger partial charge in [0, 0.05) is 24.6 Å². The quantitative estimate of drug-likeness (QED) is 0.789. The molecule has 1 saturated heterocycles. The van der Waals surface area contributed by atoms with Crippen LogP contribution in [0.4, 0.5) is 0 Å². The molecule has 0 atom stereocenters. The van der Waals surface area contributed by atoms with E-state index in [2.05, 4.69) is 0 Å². The topological polar surface area (TPSA) is 37.4 Å². The van der Waals surface area contributed by atoms with Crippen LogP contribution in [0.2, 0.25) is 0 Å². The molecule has 3 rings (SSSR count). The molecule has 0 unspecified atom stereocenters. The summed E-state index contributed by atoms with van der Waals surface area (Å²) in [7, 11) is 0. The molecule has 1 heterocycles. The lowest BCUT2D eigenvalue weighted by Gasteiger charge is -2.37. The second-order valence-corrected chi connectivity index (χ2v) is 7.29. The van der Waals surface area contributed by atoms with Crippen LogP contribution in [0.1, 0.15) is 42.6 Å². The molecule has 1 aliphatic rings. The lowest BCUT2D eigenvalue weighted by Crippen LogP contribution is -2.47. The summed E-state index contributed by atoms with van der Waals surface area (Å²) in [5.41, 5.74) is 1.26. The summed E-state index contributed by atoms with van der Waals surface area (Å²) in [5, 5.41) is 0. The smallest absolute Gasteiger partial charge is 0.232 e. The van der Waals surface area contributed by atoms with Crippen LogP contribution in [0.5, 0.6) is 0 Å². The molecule has 2 aromatic carbocycles. The van der Waals surface area contributed by atoms with Crippen LogP contribution < -0.4 is 0 Å². The number of carbonyl (C=O) groups excluding carboxylic acids is 2. The highest BCUT2D eigenvalue weighted by Gasteiger charge is 2.36. The van der Waals surface area contributed by atoms with E-state index in [4.69, 9.17) is 0 Å². The minimum absolute atomic E-state index is 0.0197. The number of rotatable bonds is 4. The fourth-order valence-electron chi connectivity index (χ4n) is 3.56. The van der Waals surface area contributed by atoms with Crippen molar-refractivity contribution in [3.63, 3.8) is 0 Å². The predicted octanol–water partition coefficient (Wildman–Crippen LogP) is 4.09. The third-order valence-electron chi connectivity index (χ3n) is 5.24. The summed E-state index contributed by atoms with van der Waals surface area (Å²) in [6.45, 7) is 5.26. The van der Waals surface area contributed by atoms with E-state index in [-0.39, 0.29) is 17.6 Å². The Kier molecular flexibility index (Phi) is 5.03. The van der Waals surface area contributed by atoms with Crippen molar-refractivity contribution in [2.75, 3.05) is 13.1 Å². The molecule has 25 heavy (non-hydrogen) atoms. The first-order valence-corrected chi connectivity index (χ1v) is 8.94. The number of benzene rings is 2. The van der Waals surface area contributed by atoms with Crippen LogP contribution in [-0.4, -0.2) is 29.7 Å². The highest BCUT2D eigenvalue weighted by molar-refractivity contribution is 5.98. The van der Waals surface area contributed by atoms with Crippen LogP contribution in [0.25, 0.3) is 0 Å². The van der Waals surface area contributed by atoms with Gasteiger partial charge in [0.05, 0.1) is 5.41 Å². The van der Waals surface area contributed by atoms with Crippen molar-refractivity contribution in [2.24, 2.45) is 5.92 Å². The zero-order valence-electron chi connectivity index (χ0n) is 14.9. The molecule has 3 heteroatoms. The number of piperidine rings is 1. The number of hydrogen-bond acceptors (Lipinski definition) is 2. The van der Waals surface area contributed by atoms with Crippen molar-refractivity contribution in [3.8, 4) is 0 Å². The molecule has 0 saturated carbocycles. The van der Waals surface area contributed by atoms with Crippen LogP contribution >= 0.6 is 0 Å². The number of likely N-dealkylation sites (tertiary alicyclic amines) is 1. The fraction of sp³-hybridized carbons (Fsp3) is 0.364. The van der Waals surface area contributed by atoms with Crippen LogP contribution in [0, 0.1) is 5.92 Å². The first-order chi connectivity index (χ1) is 12.0. The molecule has 0 bridgehead atoms. The van der Waals surface area contributed by atoms with Crippen molar-refractivity contribution in [2.45, 2.75) is 32.1 Å². The molecule has 0 N–H and O–H groups in total. The third-order valence-corrected chi connectivity index (χ3v) is 5.24. The van der Waals surface area contributed by atoms with Crippen molar-refractivity contribution in [1.82, 2.24) is 4.90 Å². The molecular formula is C22H25NO2. The Hall–Kier alpha value is -2.42. The van der Waals surface area contributed by atoms with Crippen LogP contribution in [-0.2, 0) is 10.2 Å². The molecule has 1 amide bonds. The van der Waals surface area contributed by atoms with E-state index in [1.54, 1.807) is 0 Å². The molecule has 1 fully saturated rings. The van der Waals surface area contributed by atoms with Gasteiger partial charge in [-0.3, -0.25) is 9.59 Å². The summed E-state index contributed by atoms with van der Waals surface area (Å²) in [5.74, 6) is 0.366. The number of carbonyl (C=O) groups is 2. The van der Waals surface area contributed by atoms with Gasteiger partial charge >= 0.3 is 0 Å². The highest BCUT2D eigenvalue weighted by Crippen LogP contribution is 2.29. The van der Waals surface area contributed by atoms with Crippen molar-refractivity contribution < 1.29 is 9.59 Å². The maximum absolute atomic E-state index is 13.0. The molecule has 0 aliphatic carbocycles. The van der Waals surface area contributed by atoms with E-state index in [9.17, 15) is 9.59 Å². The second-order valence-electron chi connectivity index (χ2n) is 7.29. The molecule has 2 aromatic rings. The van der Waals surface area contributed by atoms with Gasteiger partial charge in [-0.25, -0.2) is 0 Å². The summed E-state index contributed by atoms with van der Waals surface area (Å²) < 4.78 is 0. The second kappa shape index (κ2) is 7.22. The Morgan fingerprint density at radius 3 is 1.96 bits per heavy atom. The largest absolute Gasteiger partial charge is 0.342 e. The average molecular weight is 335 g/mol. The minimum Gasteiger partial charge on any atom is -0.342 e. The number of Topliss-reactive ketones (excluding diaryl/α,β-unsaturated/α-hetero) is 1. The zero-order chi connectivity index (χ0) is 17.9. The van der Waals surface area contributed by atoms with Crippen molar-refractivity contribution in [3.05, 3.63) is 71.8 Å². The lowest BCUT2D eigenvalue weighted by atomic mass is 9.81. The number of ketones is 1. The highest BCUT2D eigenvalue weighted by atomic mass is 16.2. The van der Waals surface area contributed by atoms with Gasteiger partial charge in [0.2, 0.25) is 5.91 Å². The maximum atomic E-state index is 13.0. The number of hydrogen-bond donors (Lipinski definition) is 0. The van der Waals surface area contributed by atoms with Gasteiger partial charge in [-0.05, 0) is 32.3 Å². The van der Waals surface area contributed by atoms with E-state index in [0.717, 1.165) is 24.0 Å². The third kappa shape index (κ3) is 3.65. The monoisotopic (exact) mass is 335 g/mol. The van der Waals surface area contributed by atoms with Crippen molar-refractivity contribution >= 4 is 11.7 Å². The van der Waals surface area contributed by atoms with Crippen molar-refractivity contribution in [1.29, 1.82) is 0 Å². The minimum atomic E-state index is -0.544. The first-order valence-electron chi connectivity index (χ1n) is 8.94. The molecule has 0 radical (unpaired) electrons. The summed E-state index contributed by atoms with van der Waals surface area (Å²) in [4.78, 5) is 27.5. The van der Waals surface area contributed by atoms with E-state index in [0.29, 0.717) is 13.1 Å². The molecule has 3 nitrogen and oxygen atoms in total. The van der Waals surface area contributed by atoms with Crippen LogP contribution in [0.3, 0.4) is 0 Å². The Morgan fingerprint density at radius 1 is 0.880 bits per heavy atom. The van der Waals surface area contributed by atoms with Gasteiger partial charge in [0.1, 0.15) is 0 Å². The predicted molar refractivity (Wildman–Crippen MR) is 99.5 cm³/mol. The Balaban J connectivity index is 1.64. The first kappa shape index (κ1) is 17.4. The average Bonchev–Trinajstić information content (AvgIpc) is 2.68. The summed E-state index contributed by atoms with van der Waals surface area (Å²) in [6, 6.07) is 19.4. The number of nitrogens with zero attached hydrogens (tertiary/aromatic N) is 1.